The van der Waals surface area contributed by atoms with Gasteiger partial charge < -0.3 is 0 Å². The van der Waals surface area contributed by atoms with Gasteiger partial charge in [-0.1, -0.05) is 78.3 Å². The van der Waals surface area contributed by atoms with Crippen molar-refractivity contribution in [3.05, 3.63) is 90.1 Å². The quantitative estimate of drug-likeness (QED) is 0.395. The summed E-state index contributed by atoms with van der Waals surface area (Å²) < 4.78 is 1.95. The van der Waals surface area contributed by atoms with Crippen LogP contribution in [0.4, 0.5) is 0 Å². The molecule has 124 valence electrons. The molecule has 0 unspecified atom stereocenters. The Labute approximate surface area is 155 Å². The maximum atomic E-state index is 6.43. The highest BCUT2D eigenvalue weighted by Gasteiger charge is 2.14. The Kier molecular flexibility index (Phi) is 3.47. The third kappa shape index (κ3) is 2.37. The first kappa shape index (κ1) is 15.1. The van der Waals surface area contributed by atoms with Crippen LogP contribution in [0.2, 0.25) is 5.02 Å². The lowest BCUT2D eigenvalue weighted by Gasteiger charge is -2.10. The van der Waals surface area contributed by atoms with Gasteiger partial charge in [-0.3, -0.25) is 4.57 Å². The van der Waals surface area contributed by atoms with Crippen molar-refractivity contribution in [2.24, 2.45) is 0 Å². The number of para-hydroxylation sites is 2. The molecular weight excluding hydrogens is 342 g/mol. The van der Waals surface area contributed by atoms with E-state index in [2.05, 4.69) is 18.2 Å². The second-order valence-electron chi connectivity index (χ2n) is 6.12. The van der Waals surface area contributed by atoms with Gasteiger partial charge >= 0.3 is 0 Å². The third-order valence-corrected chi connectivity index (χ3v) is 4.82. The van der Waals surface area contributed by atoms with Crippen molar-refractivity contribution in [1.82, 2.24) is 14.5 Å². The van der Waals surface area contributed by atoms with Crippen molar-refractivity contribution < 1.29 is 0 Å². The Morgan fingerprint density at radius 3 is 2.23 bits per heavy atom. The molecule has 0 aliphatic heterocycles. The van der Waals surface area contributed by atoms with Crippen LogP contribution in [-0.4, -0.2) is 14.5 Å². The van der Waals surface area contributed by atoms with Gasteiger partial charge in [-0.15, -0.1) is 0 Å². The smallest absolute Gasteiger partial charge is 0.235 e. The Balaban J connectivity index is 1.84. The number of hydrogen-bond donors (Lipinski definition) is 0. The lowest BCUT2D eigenvalue weighted by atomic mass is 10.1. The van der Waals surface area contributed by atoms with Crippen LogP contribution in [0.5, 0.6) is 0 Å². The fraction of sp³-hybridized carbons (Fsp3) is 0. The van der Waals surface area contributed by atoms with Gasteiger partial charge in [0.15, 0.2) is 0 Å². The number of halogens is 1. The van der Waals surface area contributed by atoms with Crippen LogP contribution >= 0.6 is 11.6 Å². The molecule has 3 nitrogen and oxygen atoms in total. The normalized spacial score (nSPS) is 11.3. The summed E-state index contributed by atoms with van der Waals surface area (Å²) in [7, 11) is 0. The van der Waals surface area contributed by atoms with Crippen LogP contribution < -0.4 is 0 Å². The predicted molar refractivity (Wildman–Crippen MR) is 107 cm³/mol. The van der Waals surface area contributed by atoms with E-state index in [9.17, 15) is 0 Å². The summed E-state index contributed by atoms with van der Waals surface area (Å²) >= 11 is 6.43. The lowest BCUT2D eigenvalue weighted by Crippen LogP contribution is -2.02. The van der Waals surface area contributed by atoms with E-state index in [1.165, 1.54) is 0 Å². The first-order valence-electron chi connectivity index (χ1n) is 8.39. The molecule has 0 N–H and O–H groups in total. The average molecular weight is 356 g/mol. The van der Waals surface area contributed by atoms with E-state index in [0.29, 0.717) is 11.0 Å². The zero-order valence-corrected chi connectivity index (χ0v) is 14.6. The van der Waals surface area contributed by atoms with Crippen LogP contribution in [0.15, 0.2) is 85.1 Å². The molecule has 0 aliphatic carbocycles. The van der Waals surface area contributed by atoms with Gasteiger partial charge in [-0.25, -0.2) is 9.97 Å². The molecule has 26 heavy (non-hydrogen) atoms. The van der Waals surface area contributed by atoms with E-state index >= 15 is 0 Å². The van der Waals surface area contributed by atoms with Crippen LogP contribution in [-0.2, 0) is 0 Å². The van der Waals surface area contributed by atoms with E-state index in [-0.39, 0.29) is 0 Å². The number of hydrogen-bond acceptors (Lipinski definition) is 2. The number of aromatic nitrogens is 3. The molecule has 5 rings (SSSR count). The number of benzene rings is 3. The molecule has 3 aromatic carbocycles. The molecule has 0 amide bonds. The second-order valence-corrected chi connectivity index (χ2v) is 6.53. The second kappa shape index (κ2) is 5.97. The van der Waals surface area contributed by atoms with E-state index in [4.69, 9.17) is 21.6 Å². The van der Waals surface area contributed by atoms with Crippen LogP contribution in [0, 0.1) is 0 Å². The maximum absolute atomic E-state index is 6.43. The largest absolute Gasteiger partial charge is 0.284 e. The third-order valence-electron chi connectivity index (χ3n) is 4.52. The van der Waals surface area contributed by atoms with Gasteiger partial charge in [0.05, 0.1) is 21.7 Å². The maximum Gasteiger partial charge on any atom is 0.235 e. The standard InChI is InChI=1S/C22H14ClN3/c23-18-14-26(20-13-7-5-10-16(18)20)22-24-19-12-6-4-11-17(19)21(25-22)15-8-2-1-3-9-15/h1-14H. The van der Waals surface area contributed by atoms with Gasteiger partial charge in [0.25, 0.3) is 0 Å². The topological polar surface area (TPSA) is 30.7 Å². The molecule has 0 atom stereocenters. The van der Waals surface area contributed by atoms with Crippen LogP contribution in [0.3, 0.4) is 0 Å². The first-order valence-corrected chi connectivity index (χ1v) is 8.77. The van der Waals surface area contributed by atoms with Crippen molar-refractivity contribution in [3.63, 3.8) is 0 Å². The Bertz CT molecular complexity index is 1240. The highest BCUT2D eigenvalue weighted by molar-refractivity contribution is 6.35. The molecular formula is C22H14ClN3. The van der Waals surface area contributed by atoms with Crippen molar-refractivity contribution in [2.45, 2.75) is 0 Å². The number of fused-ring (bicyclic) bond motifs is 2. The van der Waals surface area contributed by atoms with Crippen LogP contribution in [0.25, 0.3) is 39.0 Å². The molecule has 0 aliphatic rings. The van der Waals surface area contributed by atoms with Crippen molar-refractivity contribution >= 4 is 33.4 Å². The summed E-state index contributed by atoms with van der Waals surface area (Å²) in [5.41, 5.74) is 3.88. The Hall–Kier alpha value is -3.17. The van der Waals surface area contributed by atoms with E-state index in [1.54, 1.807) is 0 Å². The minimum atomic E-state index is 0.616. The molecule has 0 saturated heterocycles. The minimum Gasteiger partial charge on any atom is -0.284 e. The van der Waals surface area contributed by atoms with Gasteiger partial charge in [0.2, 0.25) is 5.95 Å². The molecule has 0 bridgehead atoms. The molecule has 0 spiro atoms. The lowest BCUT2D eigenvalue weighted by molar-refractivity contribution is 0.984. The SMILES string of the molecule is Clc1cn(-c2nc(-c3ccccc3)c3ccccc3n2)c2ccccc12. The summed E-state index contributed by atoms with van der Waals surface area (Å²) in [6, 6.07) is 26.3. The number of rotatable bonds is 2. The highest BCUT2D eigenvalue weighted by Crippen LogP contribution is 2.30. The van der Waals surface area contributed by atoms with Gasteiger partial charge in [-0.05, 0) is 12.1 Å². The van der Waals surface area contributed by atoms with Gasteiger partial charge in [0, 0.05) is 22.5 Å². The molecule has 0 saturated carbocycles. The highest BCUT2D eigenvalue weighted by atomic mass is 35.5. The summed E-state index contributed by atoms with van der Waals surface area (Å²) in [6.07, 6.45) is 1.88. The molecule has 0 radical (unpaired) electrons. The number of nitrogens with zero attached hydrogens (tertiary/aromatic N) is 3. The first-order chi connectivity index (χ1) is 12.8. The summed E-state index contributed by atoms with van der Waals surface area (Å²) in [5.74, 6) is 0.616. The van der Waals surface area contributed by atoms with Crippen LogP contribution in [0.1, 0.15) is 0 Å². The molecule has 2 aromatic heterocycles. The zero-order chi connectivity index (χ0) is 17.5. The van der Waals surface area contributed by atoms with E-state index in [1.807, 2.05) is 71.4 Å². The average Bonchev–Trinajstić information content (AvgIpc) is 3.05. The minimum absolute atomic E-state index is 0.616. The Morgan fingerprint density at radius 2 is 1.38 bits per heavy atom. The van der Waals surface area contributed by atoms with Crippen molar-refractivity contribution in [3.8, 4) is 17.2 Å². The Morgan fingerprint density at radius 1 is 0.692 bits per heavy atom. The monoisotopic (exact) mass is 355 g/mol. The summed E-state index contributed by atoms with van der Waals surface area (Å²) in [5, 5.41) is 2.72. The fourth-order valence-corrected chi connectivity index (χ4v) is 3.55. The fourth-order valence-electron chi connectivity index (χ4n) is 3.29. The van der Waals surface area contributed by atoms with Crippen molar-refractivity contribution in [2.75, 3.05) is 0 Å². The molecule has 0 fully saturated rings. The predicted octanol–water partition coefficient (Wildman–Crippen LogP) is 5.89. The van der Waals surface area contributed by atoms with Gasteiger partial charge in [-0.2, -0.15) is 0 Å². The summed E-state index contributed by atoms with van der Waals surface area (Å²) in [6.45, 7) is 0. The van der Waals surface area contributed by atoms with Crippen molar-refractivity contribution in [1.29, 1.82) is 0 Å². The van der Waals surface area contributed by atoms with E-state index < -0.39 is 0 Å². The zero-order valence-electron chi connectivity index (χ0n) is 13.8. The summed E-state index contributed by atoms with van der Waals surface area (Å²) in [4.78, 5) is 9.69. The molecule has 2 heterocycles. The molecule has 4 heteroatoms. The molecule has 5 aromatic rings. The van der Waals surface area contributed by atoms with Gasteiger partial charge in [0.1, 0.15) is 0 Å². The van der Waals surface area contributed by atoms with E-state index in [0.717, 1.165) is 33.1 Å².